The minimum atomic E-state index is -3.63. The number of carbonyl (C=O) groups is 1. The molecule has 1 amide bonds. The Bertz CT molecular complexity index is 999. The molecule has 2 aromatic rings. The second-order valence-electron chi connectivity index (χ2n) is 7.60. The molecule has 4 rings (SSSR count). The van der Waals surface area contributed by atoms with Gasteiger partial charge in [-0.2, -0.15) is 4.31 Å². The highest BCUT2D eigenvalue weighted by Crippen LogP contribution is 2.22. The first-order valence-electron chi connectivity index (χ1n) is 10.4. The van der Waals surface area contributed by atoms with Gasteiger partial charge in [-0.25, -0.2) is 8.42 Å². The zero-order chi connectivity index (χ0) is 21.8. The van der Waals surface area contributed by atoms with Crippen molar-refractivity contribution in [2.75, 3.05) is 64.5 Å². The molecular formula is C21H28N4O5S. The van der Waals surface area contributed by atoms with Gasteiger partial charge >= 0.3 is 0 Å². The van der Waals surface area contributed by atoms with Gasteiger partial charge in [-0.15, -0.1) is 0 Å². The third kappa shape index (κ3) is 4.70. The van der Waals surface area contributed by atoms with Gasteiger partial charge in [0.05, 0.1) is 20.3 Å². The fraction of sp³-hybridized carbons (Fsp3) is 0.476. The number of rotatable bonds is 5. The minimum Gasteiger partial charge on any atom is -0.497 e. The number of sulfonamides is 1. The van der Waals surface area contributed by atoms with Crippen molar-refractivity contribution in [2.24, 2.45) is 0 Å². The van der Waals surface area contributed by atoms with Gasteiger partial charge in [-0.05, 0) is 36.8 Å². The maximum absolute atomic E-state index is 13.0. The number of ether oxygens (including phenoxy) is 2. The number of methoxy groups -OCH3 is 1. The normalized spacial score (nSPS) is 18.6. The predicted octanol–water partition coefficient (Wildman–Crippen LogP) is 1.40. The summed E-state index contributed by atoms with van der Waals surface area (Å²) in [6.45, 7) is 4.15. The van der Waals surface area contributed by atoms with E-state index >= 15 is 0 Å². The van der Waals surface area contributed by atoms with Crippen molar-refractivity contribution in [1.82, 2.24) is 14.2 Å². The lowest BCUT2D eigenvalue weighted by atomic mass is 10.2. The Morgan fingerprint density at radius 1 is 1.03 bits per heavy atom. The zero-order valence-electron chi connectivity index (χ0n) is 17.6. The molecule has 9 nitrogen and oxygen atoms in total. The summed E-state index contributed by atoms with van der Waals surface area (Å²) in [5, 5.41) is 0. The summed E-state index contributed by atoms with van der Waals surface area (Å²) in [5.74, 6) is 0.630. The van der Waals surface area contributed by atoms with Crippen LogP contribution in [0.3, 0.4) is 0 Å². The molecule has 0 aliphatic carbocycles. The molecule has 2 aliphatic rings. The zero-order valence-corrected chi connectivity index (χ0v) is 18.4. The molecule has 0 spiro atoms. The highest BCUT2D eigenvalue weighted by Gasteiger charge is 2.29. The number of carbonyl (C=O) groups excluding carboxylic acids is 1. The van der Waals surface area contributed by atoms with E-state index in [1.54, 1.807) is 12.0 Å². The average Bonchev–Trinajstić information content (AvgIpc) is 3.19. The van der Waals surface area contributed by atoms with Crippen LogP contribution in [0, 0.1) is 0 Å². The summed E-state index contributed by atoms with van der Waals surface area (Å²) >= 11 is 0. The molecule has 10 heteroatoms. The Labute approximate surface area is 182 Å². The van der Waals surface area contributed by atoms with Gasteiger partial charge in [0.15, 0.2) is 0 Å². The van der Waals surface area contributed by atoms with Crippen molar-refractivity contribution < 1.29 is 22.7 Å². The van der Waals surface area contributed by atoms with Crippen LogP contribution >= 0.6 is 0 Å². The lowest BCUT2D eigenvalue weighted by molar-refractivity contribution is 0.0730. The van der Waals surface area contributed by atoms with Crippen molar-refractivity contribution in [3.63, 3.8) is 0 Å². The monoisotopic (exact) mass is 448 g/mol. The van der Waals surface area contributed by atoms with Gasteiger partial charge in [0.1, 0.15) is 16.3 Å². The maximum atomic E-state index is 13.0. The quantitative estimate of drug-likeness (QED) is 0.743. The Balaban J connectivity index is 1.41. The van der Waals surface area contributed by atoms with Crippen LogP contribution in [0.25, 0.3) is 0 Å². The highest BCUT2D eigenvalue weighted by atomic mass is 32.2. The number of aromatic nitrogens is 1. The smallest absolute Gasteiger partial charge is 0.270 e. The standard InChI is InChI=1S/C21H28N4O5S/c1-29-18-5-3-17(4-6-18)23-7-2-8-24(10-9-23)21(26)20-15-19(16-22-20)31(27,28)25-11-13-30-14-12-25/h3-6,15-16,22H,2,7-14H2,1H3. The van der Waals surface area contributed by atoms with E-state index in [1.165, 1.54) is 16.6 Å². The van der Waals surface area contributed by atoms with Gasteiger partial charge in [0.25, 0.3) is 5.91 Å². The summed E-state index contributed by atoms with van der Waals surface area (Å²) in [6, 6.07) is 9.34. The van der Waals surface area contributed by atoms with E-state index in [-0.39, 0.29) is 10.8 Å². The first-order valence-corrected chi connectivity index (χ1v) is 11.9. The molecule has 2 saturated heterocycles. The molecule has 1 aromatic carbocycles. The van der Waals surface area contributed by atoms with Crippen LogP contribution < -0.4 is 9.64 Å². The maximum Gasteiger partial charge on any atom is 0.270 e. The number of nitrogens with zero attached hydrogens (tertiary/aromatic N) is 3. The molecule has 0 bridgehead atoms. The molecule has 2 aliphatic heterocycles. The van der Waals surface area contributed by atoms with E-state index < -0.39 is 10.0 Å². The third-order valence-electron chi connectivity index (χ3n) is 5.72. The Morgan fingerprint density at radius 3 is 2.48 bits per heavy atom. The number of nitrogens with one attached hydrogen (secondary N) is 1. The van der Waals surface area contributed by atoms with Crippen molar-refractivity contribution in [3.05, 3.63) is 42.2 Å². The van der Waals surface area contributed by atoms with Gasteiger partial charge in [-0.1, -0.05) is 0 Å². The van der Waals surface area contributed by atoms with Gasteiger partial charge < -0.3 is 24.3 Å². The number of aromatic amines is 1. The summed E-state index contributed by atoms with van der Waals surface area (Å²) in [6.07, 6.45) is 2.23. The van der Waals surface area contributed by atoms with Crippen LogP contribution in [0.15, 0.2) is 41.4 Å². The van der Waals surface area contributed by atoms with E-state index in [2.05, 4.69) is 9.88 Å². The number of hydrogen-bond donors (Lipinski definition) is 1. The Kier molecular flexibility index (Phi) is 6.49. The van der Waals surface area contributed by atoms with Crippen LogP contribution in [0.4, 0.5) is 5.69 Å². The molecule has 168 valence electrons. The number of benzene rings is 1. The molecule has 1 aromatic heterocycles. The molecule has 0 radical (unpaired) electrons. The Morgan fingerprint density at radius 2 is 1.77 bits per heavy atom. The number of H-pyrrole nitrogens is 1. The third-order valence-corrected chi connectivity index (χ3v) is 7.59. The van der Waals surface area contributed by atoms with E-state index in [9.17, 15) is 13.2 Å². The molecule has 3 heterocycles. The molecule has 0 atom stereocenters. The molecule has 0 saturated carbocycles. The fourth-order valence-corrected chi connectivity index (χ4v) is 5.33. The van der Waals surface area contributed by atoms with Crippen molar-refractivity contribution in [3.8, 4) is 5.75 Å². The lowest BCUT2D eigenvalue weighted by Crippen LogP contribution is -2.40. The molecule has 1 N–H and O–H groups in total. The van der Waals surface area contributed by atoms with Gasteiger partial charge in [0, 0.05) is 51.2 Å². The lowest BCUT2D eigenvalue weighted by Gasteiger charge is -2.25. The van der Waals surface area contributed by atoms with Crippen LogP contribution in [0.1, 0.15) is 16.9 Å². The highest BCUT2D eigenvalue weighted by molar-refractivity contribution is 7.89. The predicted molar refractivity (Wildman–Crippen MR) is 116 cm³/mol. The summed E-state index contributed by atoms with van der Waals surface area (Å²) in [5.41, 5.74) is 1.39. The van der Waals surface area contributed by atoms with E-state index in [0.29, 0.717) is 51.6 Å². The topological polar surface area (TPSA) is 95.2 Å². The number of anilines is 1. The summed E-state index contributed by atoms with van der Waals surface area (Å²) < 4.78 is 37.5. The van der Waals surface area contributed by atoms with Crippen LogP contribution in [0.2, 0.25) is 0 Å². The van der Waals surface area contributed by atoms with Crippen LogP contribution in [-0.2, 0) is 14.8 Å². The second-order valence-corrected chi connectivity index (χ2v) is 9.53. The molecule has 0 unspecified atom stereocenters. The number of hydrogen-bond acceptors (Lipinski definition) is 6. The molecular weight excluding hydrogens is 420 g/mol. The van der Waals surface area contributed by atoms with E-state index in [1.807, 2.05) is 24.3 Å². The first kappa shape index (κ1) is 21.7. The largest absolute Gasteiger partial charge is 0.497 e. The summed E-state index contributed by atoms with van der Waals surface area (Å²) in [7, 11) is -1.99. The fourth-order valence-electron chi connectivity index (χ4n) is 3.93. The number of morpholine rings is 1. The molecule has 2 fully saturated rings. The van der Waals surface area contributed by atoms with Crippen molar-refractivity contribution >= 4 is 21.6 Å². The average molecular weight is 449 g/mol. The minimum absolute atomic E-state index is 0.118. The van der Waals surface area contributed by atoms with Gasteiger partial charge in [0.2, 0.25) is 10.0 Å². The van der Waals surface area contributed by atoms with E-state index in [0.717, 1.165) is 24.4 Å². The SMILES string of the molecule is COc1ccc(N2CCCN(C(=O)c3cc(S(=O)(=O)N4CCOCC4)c[nH]3)CC2)cc1. The van der Waals surface area contributed by atoms with Crippen molar-refractivity contribution in [1.29, 1.82) is 0 Å². The summed E-state index contributed by atoms with van der Waals surface area (Å²) in [4.78, 5) is 20.0. The van der Waals surface area contributed by atoms with Crippen LogP contribution in [-0.4, -0.2) is 88.1 Å². The van der Waals surface area contributed by atoms with Crippen LogP contribution in [0.5, 0.6) is 5.75 Å². The van der Waals surface area contributed by atoms with Crippen molar-refractivity contribution in [2.45, 2.75) is 11.3 Å². The molecule has 31 heavy (non-hydrogen) atoms. The second kappa shape index (κ2) is 9.29. The number of amides is 1. The first-order chi connectivity index (χ1) is 15.0. The van der Waals surface area contributed by atoms with Gasteiger partial charge in [-0.3, -0.25) is 4.79 Å². The Hall–Kier alpha value is -2.56. The van der Waals surface area contributed by atoms with E-state index in [4.69, 9.17) is 9.47 Å².